The zero-order valence-electron chi connectivity index (χ0n) is 5.28. The van der Waals surface area contributed by atoms with Crippen molar-refractivity contribution in [1.29, 1.82) is 5.39 Å². The van der Waals surface area contributed by atoms with Crippen LogP contribution in [0.1, 0.15) is 0 Å². The molecule has 0 N–H and O–H groups in total. The van der Waals surface area contributed by atoms with Gasteiger partial charge < -0.3 is 0 Å². The Labute approximate surface area is 75.8 Å². The molecule has 0 aliphatic carbocycles. The number of hydrogen-bond donors (Lipinski definition) is 0. The molecule has 0 aromatic heterocycles. The summed E-state index contributed by atoms with van der Waals surface area (Å²) in [6.07, 6.45) is 0. The Morgan fingerprint density at radius 3 is 2.00 bits per heavy atom. The first-order chi connectivity index (χ1) is 3.93. The number of nitrogens with zero attached hydrogens (tertiary/aromatic N) is 2. The predicted octanol–water partition coefficient (Wildman–Crippen LogP) is -0.825. The van der Waals surface area contributed by atoms with Crippen molar-refractivity contribution in [1.82, 2.24) is 0 Å². The van der Waals surface area contributed by atoms with Crippen LogP contribution < -0.4 is 29.6 Å². The number of diazo groups is 1. The maximum atomic E-state index is 8.16. The van der Waals surface area contributed by atoms with E-state index >= 15 is 0 Å². The van der Waals surface area contributed by atoms with Crippen molar-refractivity contribution in [2.75, 3.05) is 0 Å². The van der Waals surface area contributed by atoms with E-state index in [0.29, 0.717) is 5.69 Å². The molecule has 0 spiro atoms. The first kappa shape index (κ1) is 8.64. The molecule has 0 aliphatic heterocycles. The molecule has 0 saturated heterocycles. The van der Waals surface area contributed by atoms with Gasteiger partial charge in [0.25, 0.3) is 0 Å². The summed E-state index contributed by atoms with van der Waals surface area (Å²) in [6, 6.07) is 8.94. The second kappa shape index (κ2) is 4.51. The van der Waals surface area contributed by atoms with Crippen LogP contribution >= 0.6 is 0 Å². The van der Waals surface area contributed by atoms with Crippen molar-refractivity contribution >= 4 is 5.69 Å². The summed E-state index contributed by atoms with van der Waals surface area (Å²) in [5, 5.41) is 8.16. The molecule has 0 radical (unpaired) electrons. The van der Waals surface area contributed by atoms with Gasteiger partial charge in [-0.1, -0.05) is 18.2 Å². The number of rotatable bonds is 0. The molecule has 0 atom stereocenters. The molecular weight excluding hydrogens is 123 g/mol. The van der Waals surface area contributed by atoms with Crippen LogP contribution in [-0.2, 0) is 0 Å². The summed E-state index contributed by atoms with van der Waals surface area (Å²) >= 11 is 0. The number of benzene rings is 1. The smallest absolute Gasteiger partial charge is 0.0617 e. The molecule has 9 heavy (non-hydrogen) atoms. The van der Waals surface area contributed by atoms with Gasteiger partial charge in [-0.3, -0.25) is 0 Å². The molecule has 0 heterocycles. The van der Waals surface area contributed by atoms with Crippen molar-refractivity contribution in [3.63, 3.8) is 0 Å². The normalized spacial score (nSPS) is 7.00. The third-order valence-electron chi connectivity index (χ3n) is 0.872. The van der Waals surface area contributed by atoms with Crippen LogP contribution in [-0.4, -0.2) is 0 Å². The average Bonchev–Trinajstić information content (AvgIpc) is 1.90. The van der Waals surface area contributed by atoms with Gasteiger partial charge in [-0.15, -0.1) is 0 Å². The Balaban J connectivity index is 0.000000640. The minimum Gasteiger partial charge on any atom is -0.0617 e. The van der Waals surface area contributed by atoms with Crippen LogP contribution in [0.15, 0.2) is 30.3 Å². The van der Waals surface area contributed by atoms with E-state index < -0.39 is 0 Å². The zero-order chi connectivity index (χ0) is 5.82. The average molecular weight is 128 g/mol. The quantitative estimate of drug-likeness (QED) is 0.331. The van der Waals surface area contributed by atoms with E-state index in [2.05, 4.69) is 4.98 Å². The second-order valence-electron chi connectivity index (χ2n) is 1.44. The minimum absolute atomic E-state index is 0. The van der Waals surface area contributed by atoms with Crippen molar-refractivity contribution in [3.05, 3.63) is 35.3 Å². The van der Waals surface area contributed by atoms with Crippen LogP contribution in [0.4, 0.5) is 5.69 Å². The molecule has 1 rings (SSSR count). The van der Waals surface area contributed by atoms with Crippen LogP contribution in [0.2, 0.25) is 0 Å². The first-order valence-corrected chi connectivity index (χ1v) is 2.33. The molecule has 0 bridgehead atoms. The van der Waals surface area contributed by atoms with Gasteiger partial charge in [0, 0.05) is 12.1 Å². The Morgan fingerprint density at radius 1 is 1.11 bits per heavy atom. The van der Waals surface area contributed by atoms with Gasteiger partial charge in [-0.2, -0.15) is 0 Å². The maximum Gasteiger partial charge on any atom is 1.00 e. The largest absolute Gasteiger partial charge is 1.00 e. The Hall–Kier alpha value is -0.360. The molecule has 0 amide bonds. The second-order valence-corrected chi connectivity index (χ2v) is 1.44. The summed E-state index contributed by atoms with van der Waals surface area (Å²) in [4.78, 5) is 2.97. The standard InChI is InChI=1S/C6H5N2.Na/c7-8-6-4-2-1-3-5-6;/h1-5H;/q2*+1. The SMILES string of the molecule is N#[N+]c1ccccc1.[Na+]. The minimum atomic E-state index is 0. The zero-order valence-corrected chi connectivity index (χ0v) is 7.28. The number of hydrogen-bond acceptors (Lipinski definition) is 1. The van der Waals surface area contributed by atoms with E-state index in [-0.39, 0.29) is 29.6 Å². The third kappa shape index (κ3) is 2.62. The Morgan fingerprint density at radius 2 is 1.67 bits per heavy atom. The van der Waals surface area contributed by atoms with Gasteiger partial charge in [-0.05, 0) is 0 Å². The van der Waals surface area contributed by atoms with Gasteiger partial charge in [0.05, 0.1) is 0 Å². The Bertz CT molecular complexity index is 202. The molecule has 3 heteroatoms. The van der Waals surface area contributed by atoms with E-state index in [9.17, 15) is 0 Å². The van der Waals surface area contributed by atoms with E-state index in [1.807, 2.05) is 18.2 Å². The van der Waals surface area contributed by atoms with Crippen molar-refractivity contribution in [3.8, 4) is 0 Å². The third-order valence-corrected chi connectivity index (χ3v) is 0.872. The molecule has 0 fully saturated rings. The van der Waals surface area contributed by atoms with Gasteiger partial charge >= 0.3 is 35.2 Å². The Kier molecular flexibility index (Phi) is 4.33. The monoisotopic (exact) mass is 128 g/mol. The molecule has 2 nitrogen and oxygen atoms in total. The van der Waals surface area contributed by atoms with E-state index in [1.54, 1.807) is 12.1 Å². The first-order valence-electron chi connectivity index (χ1n) is 2.33. The van der Waals surface area contributed by atoms with Crippen LogP contribution in [0.5, 0.6) is 0 Å². The summed E-state index contributed by atoms with van der Waals surface area (Å²) in [7, 11) is 0. The van der Waals surface area contributed by atoms with Gasteiger partial charge in [0.1, 0.15) is 0 Å². The molecule has 0 aliphatic rings. The predicted molar refractivity (Wildman–Crippen MR) is 31.2 cm³/mol. The molecular formula is C6H5N2Na+2. The van der Waals surface area contributed by atoms with Crippen LogP contribution in [0.3, 0.4) is 0 Å². The summed E-state index contributed by atoms with van der Waals surface area (Å²) in [5.41, 5.74) is 0.590. The fraction of sp³-hybridized carbons (Fsp3) is 0. The van der Waals surface area contributed by atoms with E-state index in [1.165, 1.54) is 0 Å². The van der Waals surface area contributed by atoms with Gasteiger partial charge in [0.15, 0.2) is 4.98 Å². The summed E-state index contributed by atoms with van der Waals surface area (Å²) < 4.78 is 0. The molecule has 0 saturated carbocycles. The van der Waals surface area contributed by atoms with E-state index in [4.69, 9.17) is 5.39 Å². The van der Waals surface area contributed by atoms with Crippen molar-refractivity contribution < 1.29 is 29.6 Å². The molecule has 1 aromatic carbocycles. The maximum absolute atomic E-state index is 8.16. The van der Waals surface area contributed by atoms with Crippen LogP contribution in [0.25, 0.3) is 4.98 Å². The fourth-order valence-electron chi connectivity index (χ4n) is 0.495. The van der Waals surface area contributed by atoms with Gasteiger partial charge in [-0.25, -0.2) is 0 Å². The van der Waals surface area contributed by atoms with Crippen molar-refractivity contribution in [2.45, 2.75) is 0 Å². The molecule has 0 unspecified atom stereocenters. The topological polar surface area (TPSA) is 28.1 Å². The molecule has 38 valence electrons. The van der Waals surface area contributed by atoms with Crippen molar-refractivity contribution in [2.24, 2.45) is 0 Å². The molecule has 1 aromatic rings. The fourth-order valence-corrected chi connectivity index (χ4v) is 0.495. The summed E-state index contributed by atoms with van der Waals surface area (Å²) in [5.74, 6) is 0. The van der Waals surface area contributed by atoms with Crippen LogP contribution in [0, 0.1) is 5.39 Å². The summed E-state index contributed by atoms with van der Waals surface area (Å²) in [6.45, 7) is 0. The van der Waals surface area contributed by atoms with E-state index in [0.717, 1.165) is 0 Å². The van der Waals surface area contributed by atoms with Gasteiger partial charge in [0.2, 0.25) is 5.39 Å².